The highest BCUT2D eigenvalue weighted by atomic mass is 16.5. The normalized spacial score (nSPS) is 25.7. The van der Waals surface area contributed by atoms with E-state index < -0.39 is 11.4 Å². The zero-order valence-electron chi connectivity index (χ0n) is 14.8. The van der Waals surface area contributed by atoms with E-state index in [0.29, 0.717) is 38.5 Å². The lowest BCUT2D eigenvalue weighted by Gasteiger charge is -2.39. The van der Waals surface area contributed by atoms with Gasteiger partial charge in [0.05, 0.1) is 17.6 Å². The molecule has 1 amide bonds. The largest absolute Gasteiger partial charge is 0.481 e. The molecule has 2 aliphatic heterocycles. The van der Waals surface area contributed by atoms with E-state index in [4.69, 9.17) is 4.74 Å². The van der Waals surface area contributed by atoms with Gasteiger partial charge in [-0.15, -0.1) is 0 Å². The van der Waals surface area contributed by atoms with Crippen molar-refractivity contribution >= 4 is 11.9 Å². The number of carboxylic acids is 1. The number of carbonyl (C=O) groups excluding carboxylic acids is 1. The average molecular weight is 345 g/mol. The number of piperidine rings is 1. The summed E-state index contributed by atoms with van der Waals surface area (Å²) in [6, 6.07) is 9.40. The molecule has 1 aromatic rings. The Kier molecular flexibility index (Phi) is 5.42. The number of aliphatic carboxylic acids is 1. The Bertz CT molecular complexity index is 607. The lowest BCUT2D eigenvalue weighted by atomic mass is 9.73. The van der Waals surface area contributed by atoms with Crippen molar-refractivity contribution in [2.75, 3.05) is 13.1 Å². The molecule has 0 aliphatic carbocycles. The molecule has 5 nitrogen and oxygen atoms in total. The highest BCUT2D eigenvalue weighted by Crippen LogP contribution is 2.36. The maximum atomic E-state index is 12.5. The molecule has 0 radical (unpaired) electrons. The van der Waals surface area contributed by atoms with E-state index >= 15 is 0 Å². The number of rotatable bonds is 5. The quantitative estimate of drug-likeness (QED) is 0.891. The fraction of sp³-hybridized carbons (Fsp3) is 0.600. The number of hydrogen-bond acceptors (Lipinski definition) is 3. The van der Waals surface area contributed by atoms with Crippen molar-refractivity contribution in [2.24, 2.45) is 0 Å². The molecule has 3 rings (SSSR count). The summed E-state index contributed by atoms with van der Waals surface area (Å²) in [5.41, 5.74) is -0.0369. The van der Waals surface area contributed by atoms with E-state index in [1.807, 2.05) is 35.2 Å². The van der Waals surface area contributed by atoms with E-state index in [-0.39, 0.29) is 12.0 Å². The number of nitrogens with zero attached hydrogens (tertiary/aromatic N) is 1. The first-order chi connectivity index (χ1) is 12.0. The fourth-order valence-electron chi connectivity index (χ4n) is 4.06. The molecular weight excluding hydrogens is 318 g/mol. The summed E-state index contributed by atoms with van der Waals surface area (Å²) in [5.74, 6) is -0.672. The van der Waals surface area contributed by atoms with Crippen molar-refractivity contribution in [1.29, 1.82) is 0 Å². The van der Waals surface area contributed by atoms with Gasteiger partial charge in [0.25, 0.3) is 0 Å². The average Bonchev–Trinajstić information content (AvgIpc) is 3.05. The number of carboxylic acid groups (broad SMARTS) is 1. The molecule has 2 fully saturated rings. The van der Waals surface area contributed by atoms with Crippen molar-refractivity contribution in [3.05, 3.63) is 35.9 Å². The molecule has 2 aliphatic rings. The second-order valence-electron chi connectivity index (χ2n) is 7.32. The summed E-state index contributed by atoms with van der Waals surface area (Å²) in [6.07, 6.45) is 4.80. The zero-order valence-corrected chi connectivity index (χ0v) is 14.8. The summed E-state index contributed by atoms with van der Waals surface area (Å²) in [4.78, 5) is 26.3. The topological polar surface area (TPSA) is 66.8 Å². The maximum absolute atomic E-state index is 12.5. The minimum Gasteiger partial charge on any atom is -0.481 e. The summed E-state index contributed by atoms with van der Waals surface area (Å²) < 4.78 is 5.77. The van der Waals surface area contributed by atoms with E-state index in [0.717, 1.165) is 24.8 Å². The van der Waals surface area contributed by atoms with Crippen LogP contribution in [0, 0.1) is 0 Å². The number of hydrogen-bond donors (Lipinski definition) is 1. The van der Waals surface area contributed by atoms with Crippen LogP contribution >= 0.6 is 0 Å². The zero-order chi connectivity index (χ0) is 17.9. The van der Waals surface area contributed by atoms with Crippen LogP contribution in [-0.4, -0.2) is 47.2 Å². The summed E-state index contributed by atoms with van der Waals surface area (Å²) >= 11 is 0. The van der Waals surface area contributed by atoms with Crippen LogP contribution in [0.4, 0.5) is 0 Å². The van der Waals surface area contributed by atoms with E-state index in [9.17, 15) is 14.7 Å². The molecule has 1 aromatic carbocycles. The molecular formula is C20H27NO4. The Morgan fingerprint density at radius 1 is 1.20 bits per heavy atom. The molecule has 0 aromatic heterocycles. The SMILES string of the molecule is C[C@@H]1CC[C@H](CCC(=O)N2CCC(C(=O)O)(c3ccccc3)CC2)O1. The van der Waals surface area contributed by atoms with Crippen molar-refractivity contribution in [2.45, 2.75) is 63.1 Å². The van der Waals surface area contributed by atoms with Crippen LogP contribution in [0.1, 0.15) is 51.0 Å². The summed E-state index contributed by atoms with van der Waals surface area (Å²) in [7, 11) is 0. The molecule has 2 heterocycles. The molecule has 2 saturated heterocycles. The third kappa shape index (κ3) is 3.87. The van der Waals surface area contributed by atoms with Gasteiger partial charge in [0.1, 0.15) is 0 Å². The van der Waals surface area contributed by atoms with Gasteiger partial charge in [-0.1, -0.05) is 30.3 Å². The fourth-order valence-corrected chi connectivity index (χ4v) is 4.06. The number of ether oxygens (including phenoxy) is 1. The van der Waals surface area contributed by atoms with Gasteiger partial charge in [0.15, 0.2) is 0 Å². The summed E-state index contributed by atoms with van der Waals surface area (Å²) in [6.45, 7) is 3.07. The van der Waals surface area contributed by atoms with Gasteiger partial charge < -0.3 is 14.7 Å². The van der Waals surface area contributed by atoms with Crippen LogP contribution in [-0.2, 0) is 19.7 Å². The molecule has 136 valence electrons. The standard InChI is InChI=1S/C20H27NO4/c1-15-7-8-17(25-15)9-10-18(22)21-13-11-20(12-14-21,19(23)24)16-5-3-2-4-6-16/h2-6,15,17H,7-14H2,1H3,(H,23,24)/t15-,17-/m1/s1. The number of carbonyl (C=O) groups is 2. The van der Waals surface area contributed by atoms with Crippen LogP contribution in [0.25, 0.3) is 0 Å². The minimum absolute atomic E-state index is 0.121. The molecule has 0 unspecified atom stereocenters. The lowest BCUT2D eigenvalue weighted by molar-refractivity contribution is -0.148. The molecule has 0 spiro atoms. The van der Waals surface area contributed by atoms with Gasteiger partial charge in [-0.25, -0.2) is 0 Å². The second-order valence-corrected chi connectivity index (χ2v) is 7.32. The van der Waals surface area contributed by atoms with Crippen LogP contribution in [0.5, 0.6) is 0 Å². The Labute approximate surface area is 149 Å². The smallest absolute Gasteiger partial charge is 0.314 e. The molecule has 0 saturated carbocycles. The number of amides is 1. The highest BCUT2D eigenvalue weighted by molar-refractivity contribution is 5.82. The second kappa shape index (κ2) is 7.56. The lowest BCUT2D eigenvalue weighted by Crippen LogP contribution is -2.49. The first kappa shape index (κ1) is 17.9. The third-order valence-corrected chi connectivity index (χ3v) is 5.71. The van der Waals surface area contributed by atoms with Gasteiger partial charge in [0.2, 0.25) is 5.91 Å². The van der Waals surface area contributed by atoms with Gasteiger partial charge in [-0.2, -0.15) is 0 Å². The number of benzene rings is 1. The van der Waals surface area contributed by atoms with Crippen molar-refractivity contribution in [1.82, 2.24) is 4.90 Å². The van der Waals surface area contributed by atoms with Crippen molar-refractivity contribution < 1.29 is 19.4 Å². The predicted molar refractivity (Wildman–Crippen MR) is 94.4 cm³/mol. The van der Waals surface area contributed by atoms with Crippen molar-refractivity contribution in [3.8, 4) is 0 Å². The molecule has 5 heteroatoms. The van der Waals surface area contributed by atoms with Crippen LogP contribution in [0.2, 0.25) is 0 Å². The number of likely N-dealkylation sites (tertiary alicyclic amines) is 1. The Morgan fingerprint density at radius 2 is 1.88 bits per heavy atom. The van der Waals surface area contributed by atoms with Gasteiger partial charge in [-0.05, 0) is 44.6 Å². The van der Waals surface area contributed by atoms with Crippen LogP contribution < -0.4 is 0 Å². The monoisotopic (exact) mass is 345 g/mol. The molecule has 25 heavy (non-hydrogen) atoms. The van der Waals surface area contributed by atoms with Gasteiger partial charge in [0, 0.05) is 19.5 Å². The Balaban J connectivity index is 1.56. The minimum atomic E-state index is -0.873. The Hall–Kier alpha value is -1.88. The summed E-state index contributed by atoms with van der Waals surface area (Å²) in [5, 5.41) is 9.82. The molecule has 1 N–H and O–H groups in total. The van der Waals surface area contributed by atoms with E-state index in [2.05, 4.69) is 6.92 Å². The predicted octanol–water partition coefficient (Wildman–Crippen LogP) is 2.98. The van der Waals surface area contributed by atoms with Gasteiger partial charge >= 0.3 is 5.97 Å². The Morgan fingerprint density at radius 3 is 2.44 bits per heavy atom. The molecule has 0 bridgehead atoms. The van der Waals surface area contributed by atoms with Crippen LogP contribution in [0.3, 0.4) is 0 Å². The van der Waals surface area contributed by atoms with E-state index in [1.165, 1.54) is 0 Å². The third-order valence-electron chi connectivity index (χ3n) is 5.71. The van der Waals surface area contributed by atoms with Crippen molar-refractivity contribution in [3.63, 3.8) is 0 Å². The van der Waals surface area contributed by atoms with E-state index in [1.54, 1.807) is 0 Å². The van der Waals surface area contributed by atoms with Gasteiger partial charge in [-0.3, -0.25) is 9.59 Å². The highest BCUT2D eigenvalue weighted by Gasteiger charge is 2.43. The maximum Gasteiger partial charge on any atom is 0.314 e. The first-order valence-electron chi connectivity index (χ1n) is 9.23. The first-order valence-corrected chi connectivity index (χ1v) is 9.23. The van der Waals surface area contributed by atoms with Crippen LogP contribution in [0.15, 0.2) is 30.3 Å². The molecule has 2 atom stereocenters.